The van der Waals surface area contributed by atoms with Gasteiger partial charge in [0.25, 0.3) is 10.1 Å². The number of nitrogens with zero attached hydrogens (tertiary/aromatic N) is 4. The molecule has 9 rings (SSSR count). The number of fused-ring (bicyclic) bond motifs is 6. The predicted octanol–water partition coefficient (Wildman–Crippen LogP) is 12.5. The summed E-state index contributed by atoms with van der Waals surface area (Å²) in [5, 5.41) is 6.04. The van der Waals surface area contributed by atoms with E-state index in [4.69, 9.17) is 24.2 Å². The van der Waals surface area contributed by atoms with Crippen molar-refractivity contribution < 1.29 is 40.4 Å². The van der Waals surface area contributed by atoms with Gasteiger partial charge in [0.15, 0.2) is 0 Å². The van der Waals surface area contributed by atoms with E-state index in [0.717, 1.165) is 78.4 Å². The molecule has 0 aliphatic rings. The number of methoxy groups -OCH3 is 2. The topological polar surface area (TPSA) is 147 Å². The minimum Gasteiger partial charge on any atom is -0.497 e. The van der Waals surface area contributed by atoms with E-state index >= 15 is 0 Å². The van der Waals surface area contributed by atoms with E-state index in [2.05, 4.69) is 43.5 Å². The third-order valence-electron chi connectivity index (χ3n) is 10.7. The number of anilines is 2. The van der Waals surface area contributed by atoms with Gasteiger partial charge in [0, 0.05) is 48.9 Å². The Balaban J connectivity index is 0.000000163. The highest BCUT2D eigenvalue weighted by Gasteiger charge is 2.17. The zero-order valence-electron chi connectivity index (χ0n) is 39.9. The molecule has 0 saturated carbocycles. The molecule has 0 aliphatic heterocycles. The van der Waals surface area contributed by atoms with Gasteiger partial charge in [-0.15, -0.1) is 0 Å². The molecule has 0 fully saturated rings. The lowest BCUT2D eigenvalue weighted by Gasteiger charge is -2.19. The summed E-state index contributed by atoms with van der Waals surface area (Å²) in [7, 11) is -0.399. The van der Waals surface area contributed by atoms with Crippen LogP contribution in [0.4, 0.5) is 25.0 Å². The van der Waals surface area contributed by atoms with Crippen LogP contribution in [0.1, 0.15) is 39.2 Å². The van der Waals surface area contributed by atoms with Gasteiger partial charge in [0.2, 0.25) is 0 Å². The highest BCUT2D eigenvalue weighted by Crippen LogP contribution is 2.29. The van der Waals surface area contributed by atoms with E-state index in [1.165, 1.54) is 12.1 Å². The fourth-order valence-electron chi connectivity index (χ4n) is 7.30. The summed E-state index contributed by atoms with van der Waals surface area (Å²) in [6, 6.07) is 42.0. The molecule has 2 N–H and O–H groups in total. The Hall–Kier alpha value is -7.56. The Morgan fingerprint density at radius 3 is 1.67 bits per heavy atom. The second kappa shape index (κ2) is 22.7. The van der Waals surface area contributed by atoms with Gasteiger partial charge in [0.05, 0.1) is 61.1 Å². The highest BCUT2D eigenvalue weighted by atomic mass is 32.2. The number of hydrogen-bond donors (Lipinski definition) is 2. The molecule has 1 amide bonds. The number of aryl methyl sites for hydroxylation is 1. The fourth-order valence-corrected chi connectivity index (χ4v) is 8.24. The SMILES string of the molecule is COc1ccc2nc3cc(-c4cccc(NC(=O)OC(C)(C)C)c4)ccn3c2c1.COc1ccc2nc3cc(-c4cccc(NCCCF)c4)ccn3c2c1.Cc1ccc(S(=O)(=O)OCCCF)cc1. The number of amides is 1. The minimum absolute atomic E-state index is 0.0884. The van der Waals surface area contributed by atoms with E-state index in [1.807, 2.05) is 129 Å². The molecule has 0 radical (unpaired) electrons. The number of halogens is 2. The first-order valence-electron chi connectivity index (χ1n) is 22.6. The third-order valence-corrected chi connectivity index (χ3v) is 12.1. The summed E-state index contributed by atoms with van der Waals surface area (Å²) in [6.07, 6.45) is 4.15. The van der Waals surface area contributed by atoms with E-state index in [-0.39, 0.29) is 24.6 Å². The molecule has 364 valence electrons. The molecule has 5 aromatic carbocycles. The number of nitrogens with one attached hydrogen (secondary N) is 2. The van der Waals surface area contributed by atoms with Gasteiger partial charge >= 0.3 is 6.09 Å². The van der Waals surface area contributed by atoms with Crippen LogP contribution in [0, 0.1) is 6.92 Å². The smallest absolute Gasteiger partial charge is 0.412 e. The first-order chi connectivity index (χ1) is 33.7. The van der Waals surface area contributed by atoms with Crippen molar-refractivity contribution in [3.63, 3.8) is 0 Å². The zero-order valence-corrected chi connectivity index (χ0v) is 40.7. The summed E-state index contributed by atoms with van der Waals surface area (Å²) >= 11 is 0. The number of rotatable bonds is 14. The third kappa shape index (κ3) is 12.9. The minimum atomic E-state index is -3.72. The van der Waals surface area contributed by atoms with E-state index < -0.39 is 28.5 Å². The molecule has 9 aromatic rings. The van der Waals surface area contributed by atoms with Crippen molar-refractivity contribution in [1.82, 2.24) is 18.8 Å². The van der Waals surface area contributed by atoms with Crippen molar-refractivity contribution >= 4 is 60.9 Å². The summed E-state index contributed by atoms with van der Waals surface area (Å²) in [6.45, 7) is 7.00. The molecule has 0 aliphatic carbocycles. The number of aromatic nitrogens is 4. The lowest BCUT2D eigenvalue weighted by atomic mass is 10.1. The largest absolute Gasteiger partial charge is 0.497 e. The number of alkyl halides is 2. The maximum atomic E-state index is 12.3. The Kier molecular flexibility index (Phi) is 16.3. The maximum absolute atomic E-state index is 12.3. The molecule has 4 aromatic heterocycles. The van der Waals surface area contributed by atoms with Crippen LogP contribution < -0.4 is 20.1 Å². The summed E-state index contributed by atoms with van der Waals surface area (Å²) < 4.78 is 71.6. The normalized spacial score (nSPS) is 11.4. The Labute approximate surface area is 406 Å². The van der Waals surface area contributed by atoms with Gasteiger partial charge < -0.3 is 19.5 Å². The van der Waals surface area contributed by atoms with Gasteiger partial charge in [-0.1, -0.05) is 42.0 Å². The molecular weight excluding hydrogens is 915 g/mol. The van der Waals surface area contributed by atoms with Gasteiger partial charge in [-0.05, 0) is 141 Å². The second-order valence-electron chi connectivity index (χ2n) is 17.1. The van der Waals surface area contributed by atoms with Gasteiger partial charge in [-0.2, -0.15) is 8.42 Å². The van der Waals surface area contributed by atoms with Crippen LogP contribution in [-0.4, -0.2) is 79.6 Å². The molecule has 0 atom stereocenters. The Morgan fingerprint density at radius 1 is 0.643 bits per heavy atom. The van der Waals surface area contributed by atoms with Crippen molar-refractivity contribution in [2.75, 3.05) is 51.4 Å². The van der Waals surface area contributed by atoms with Gasteiger partial charge in [-0.25, -0.2) is 14.8 Å². The first-order valence-corrected chi connectivity index (χ1v) is 24.0. The molecule has 70 heavy (non-hydrogen) atoms. The molecule has 13 nitrogen and oxygen atoms in total. The van der Waals surface area contributed by atoms with E-state index in [0.29, 0.717) is 18.7 Å². The maximum Gasteiger partial charge on any atom is 0.412 e. The molecule has 0 unspecified atom stereocenters. The molecular formula is C54H56F2N6O7S. The predicted molar refractivity (Wildman–Crippen MR) is 273 cm³/mol. The zero-order chi connectivity index (χ0) is 49.8. The fraction of sp³-hybridized carbons (Fsp3) is 0.241. The highest BCUT2D eigenvalue weighted by molar-refractivity contribution is 7.86. The molecule has 16 heteroatoms. The number of carbonyl (C=O) groups excluding carboxylic acids is 1. The summed E-state index contributed by atoms with van der Waals surface area (Å²) in [4.78, 5) is 21.6. The number of carbonyl (C=O) groups is 1. The number of hydrogen-bond acceptors (Lipinski definition) is 10. The van der Waals surface area contributed by atoms with Crippen LogP contribution in [0.2, 0.25) is 0 Å². The van der Waals surface area contributed by atoms with E-state index in [9.17, 15) is 22.0 Å². The van der Waals surface area contributed by atoms with Crippen LogP contribution in [0.25, 0.3) is 55.6 Å². The number of imidazole rings is 2. The number of ether oxygens (including phenoxy) is 3. The quantitative estimate of drug-likeness (QED) is 0.0797. The van der Waals surface area contributed by atoms with Crippen molar-refractivity contribution in [2.45, 2.75) is 51.0 Å². The Morgan fingerprint density at radius 2 is 1.16 bits per heavy atom. The van der Waals surface area contributed by atoms with Gasteiger partial charge in [-0.3, -0.25) is 27.1 Å². The van der Waals surface area contributed by atoms with Crippen molar-refractivity contribution in [3.8, 4) is 33.8 Å². The first kappa shape index (κ1) is 50.3. The van der Waals surface area contributed by atoms with Crippen molar-refractivity contribution in [1.29, 1.82) is 0 Å². The molecule has 0 spiro atoms. The lowest BCUT2D eigenvalue weighted by molar-refractivity contribution is 0.0636. The summed E-state index contributed by atoms with van der Waals surface area (Å²) in [5.41, 5.74) is 11.9. The monoisotopic (exact) mass is 970 g/mol. The molecule has 0 bridgehead atoms. The summed E-state index contributed by atoms with van der Waals surface area (Å²) in [5.74, 6) is 1.61. The van der Waals surface area contributed by atoms with Crippen LogP contribution in [0.3, 0.4) is 0 Å². The average molecular weight is 971 g/mol. The van der Waals surface area contributed by atoms with E-state index in [1.54, 1.807) is 26.4 Å². The van der Waals surface area contributed by atoms with Gasteiger partial charge in [0.1, 0.15) is 28.4 Å². The van der Waals surface area contributed by atoms with Crippen molar-refractivity contribution in [2.24, 2.45) is 0 Å². The second-order valence-corrected chi connectivity index (χ2v) is 18.7. The lowest BCUT2D eigenvalue weighted by Crippen LogP contribution is -2.27. The van der Waals surface area contributed by atoms with Crippen LogP contribution in [0.5, 0.6) is 11.5 Å². The Bertz CT molecular complexity index is 3340. The standard InChI is InChI=1S/C23H23N3O3.C21H20FN3O.C10H13FO3S/c1-23(2,3)29-22(27)24-17-7-5-6-15(12-17)16-10-11-26-20-14-18(28-4)8-9-19(20)25-21(26)13-16;1-26-18-6-7-19-20(14-18)25-11-8-16(13-21(25)24-19)15-4-2-5-17(12-15)23-10-3-9-22;1-9-3-5-10(6-4-9)15(12,13)14-8-2-7-11/h5-14H,1-4H3,(H,24,27);2,4-8,11-14,23H,3,9-10H2,1H3;3-6H,2,7-8H2,1H3. The van der Waals surface area contributed by atoms with Crippen molar-refractivity contribution in [3.05, 3.63) is 151 Å². The molecule has 4 heterocycles. The number of pyridine rings is 2. The average Bonchev–Trinajstić information content (AvgIpc) is 3.91. The molecule has 0 saturated heterocycles. The van der Waals surface area contributed by atoms with Crippen LogP contribution in [0.15, 0.2) is 151 Å². The van der Waals surface area contributed by atoms with Crippen LogP contribution >= 0.6 is 0 Å². The van der Waals surface area contributed by atoms with Crippen LogP contribution in [-0.2, 0) is 19.0 Å². The number of benzene rings is 5.